The molecule has 0 aliphatic rings. The average Bonchev–Trinajstić information content (AvgIpc) is 2.35. The monoisotopic (exact) mass is 267 g/mol. The Morgan fingerprint density at radius 2 is 1.89 bits per heavy atom. The van der Waals surface area contributed by atoms with Crippen LogP contribution < -0.4 is 5.32 Å². The van der Waals surface area contributed by atoms with Crippen molar-refractivity contribution in [2.24, 2.45) is 5.92 Å². The Hall–Kier alpha value is -0.510. The van der Waals surface area contributed by atoms with Crippen LogP contribution in [0.1, 0.15) is 25.8 Å². The number of hydrogen-bond acceptors (Lipinski definition) is 3. The molecule has 1 N–H and O–H groups in total. The molecular weight excluding hydrogens is 242 g/mol. The van der Waals surface area contributed by atoms with Gasteiger partial charge in [0.05, 0.1) is 6.61 Å². The van der Waals surface area contributed by atoms with Gasteiger partial charge in [-0.3, -0.25) is 0 Å². The molecule has 3 heteroatoms. The van der Waals surface area contributed by atoms with Crippen LogP contribution in [0.3, 0.4) is 0 Å². The molecule has 1 aromatic carbocycles. The second-order valence-electron chi connectivity index (χ2n) is 4.82. The fourth-order valence-electron chi connectivity index (χ4n) is 1.55. The third kappa shape index (κ3) is 7.04. The summed E-state index contributed by atoms with van der Waals surface area (Å²) in [6.45, 7) is 7.12. The zero-order valence-electron chi connectivity index (χ0n) is 11.7. The first-order valence-corrected chi connectivity index (χ1v) is 7.65. The van der Waals surface area contributed by atoms with Crippen molar-refractivity contribution in [3.05, 3.63) is 29.8 Å². The molecular formula is C15H25NOS. The Labute approximate surface area is 116 Å². The van der Waals surface area contributed by atoms with Crippen molar-refractivity contribution in [1.29, 1.82) is 0 Å². The average molecular weight is 267 g/mol. The Morgan fingerprint density at radius 1 is 1.17 bits per heavy atom. The van der Waals surface area contributed by atoms with Crippen molar-refractivity contribution in [2.75, 3.05) is 26.0 Å². The summed E-state index contributed by atoms with van der Waals surface area (Å²) < 4.78 is 5.60. The molecule has 1 rings (SSSR count). The van der Waals surface area contributed by atoms with E-state index in [1.165, 1.54) is 10.5 Å². The van der Waals surface area contributed by atoms with Crippen LogP contribution in [-0.4, -0.2) is 26.0 Å². The minimum absolute atomic E-state index is 0.734. The van der Waals surface area contributed by atoms with Gasteiger partial charge in [0.15, 0.2) is 0 Å². The highest BCUT2D eigenvalue weighted by molar-refractivity contribution is 7.99. The van der Waals surface area contributed by atoms with Gasteiger partial charge in [-0.25, -0.2) is 0 Å². The minimum atomic E-state index is 0.734. The number of ether oxygens (including phenoxy) is 1. The van der Waals surface area contributed by atoms with Gasteiger partial charge in [0.25, 0.3) is 0 Å². The lowest BCUT2D eigenvalue weighted by molar-refractivity contribution is 0.138. The van der Waals surface area contributed by atoms with E-state index < -0.39 is 0 Å². The molecule has 102 valence electrons. The van der Waals surface area contributed by atoms with Gasteiger partial charge in [-0.05, 0) is 37.1 Å². The summed E-state index contributed by atoms with van der Waals surface area (Å²) in [6.07, 6.45) is 1.16. The fraction of sp³-hybridized carbons (Fsp3) is 0.600. The molecule has 2 nitrogen and oxygen atoms in total. The molecule has 0 amide bonds. The van der Waals surface area contributed by atoms with Gasteiger partial charge in [-0.15, -0.1) is 11.8 Å². The molecule has 0 saturated heterocycles. The number of benzene rings is 1. The van der Waals surface area contributed by atoms with Crippen LogP contribution >= 0.6 is 11.8 Å². The molecule has 0 unspecified atom stereocenters. The Balaban J connectivity index is 2.11. The zero-order chi connectivity index (χ0) is 13.2. The van der Waals surface area contributed by atoms with Gasteiger partial charge < -0.3 is 10.1 Å². The highest BCUT2D eigenvalue weighted by Crippen LogP contribution is 2.18. The molecule has 0 aliphatic carbocycles. The van der Waals surface area contributed by atoms with Gasteiger partial charge in [0.2, 0.25) is 0 Å². The van der Waals surface area contributed by atoms with Crippen molar-refractivity contribution in [3.63, 3.8) is 0 Å². The number of nitrogens with one attached hydrogen (secondary N) is 1. The summed E-state index contributed by atoms with van der Waals surface area (Å²) in [4.78, 5) is 1.32. The Kier molecular flexibility index (Phi) is 8.14. The molecule has 0 fully saturated rings. The lowest BCUT2D eigenvalue weighted by Crippen LogP contribution is -2.04. The predicted molar refractivity (Wildman–Crippen MR) is 80.2 cm³/mol. The molecule has 0 aliphatic heterocycles. The molecule has 0 atom stereocenters. The van der Waals surface area contributed by atoms with Crippen LogP contribution in [0.25, 0.3) is 0 Å². The quantitative estimate of drug-likeness (QED) is 0.546. The van der Waals surface area contributed by atoms with E-state index in [1.807, 2.05) is 18.8 Å². The van der Waals surface area contributed by atoms with Gasteiger partial charge in [-0.1, -0.05) is 26.0 Å². The Bertz CT molecular complexity index is 311. The summed E-state index contributed by atoms with van der Waals surface area (Å²) in [5.74, 6) is 1.76. The van der Waals surface area contributed by atoms with E-state index in [0.29, 0.717) is 0 Å². The molecule has 0 bridgehead atoms. The van der Waals surface area contributed by atoms with Crippen molar-refractivity contribution >= 4 is 11.8 Å². The van der Waals surface area contributed by atoms with E-state index in [1.54, 1.807) is 0 Å². The largest absolute Gasteiger partial charge is 0.381 e. The second kappa shape index (κ2) is 9.42. The van der Waals surface area contributed by atoms with Crippen LogP contribution in [0, 0.1) is 5.92 Å². The normalized spacial score (nSPS) is 11.1. The topological polar surface area (TPSA) is 21.3 Å². The maximum absolute atomic E-state index is 5.60. The van der Waals surface area contributed by atoms with Gasteiger partial charge in [0.1, 0.15) is 0 Å². The fourth-order valence-corrected chi connectivity index (χ4v) is 2.31. The lowest BCUT2D eigenvalue weighted by Gasteiger charge is -2.07. The number of hydrogen-bond donors (Lipinski definition) is 1. The van der Waals surface area contributed by atoms with E-state index in [0.717, 1.165) is 37.9 Å². The van der Waals surface area contributed by atoms with Crippen LogP contribution in [-0.2, 0) is 11.3 Å². The van der Waals surface area contributed by atoms with E-state index >= 15 is 0 Å². The zero-order valence-corrected chi connectivity index (χ0v) is 12.6. The van der Waals surface area contributed by atoms with Crippen molar-refractivity contribution in [3.8, 4) is 0 Å². The third-order valence-electron chi connectivity index (χ3n) is 2.64. The van der Waals surface area contributed by atoms with E-state index in [-0.39, 0.29) is 0 Å². The predicted octanol–water partition coefficient (Wildman–Crippen LogP) is 3.56. The van der Waals surface area contributed by atoms with E-state index in [9.17, 15) is 0 Å². The maximum Gasteiger partial charge on any atom is 0.0560 e. The Morgan fingerprint density at radius 3 is 2.50 bits per heavy atom. The standard InChI is InChI=1S/C15H25NOS/c1-13(2)8-9-17-10-11-18-15-6-4-14(5-7-15)12-16-3/h4-7,13,16H,8-12H2,1-3H3. The third-order valence-corrected chi connectivity index (χ3v) is 3.62. The highest BCUT2D eigenvalue weighted by atomic mass is 32.2. The first kappa shape index (κ1) is 15.5. The lowest BCUT2D eigenvalue weighted by atomic mass is 10.1. The molecule has 1 aromatic rings. The van der Waals surface area contributed by atoms with E-state index in [2.05, 4.69) is 43.4 Å². The van der Waals surface area contributed by atoms with Crippen molar-refractivity contribution < 1.29 is 4.74 Å². The molecule has 18 heavy (non-hydrogen) atoms. The number of rotatable bonds is 9. The number of thioether (sulfide) groups is 1. The smallest absolute Gasteiger partial charge is 0.0560 e. The maximum atomic E-state index is 5.60. The molecule has 0 aromatic heterocycles. The summed E-state index contributed by atoms with van der Waals surface area (Å²) in [5, 5.41) is 3.15. The van der Waals surface area contributed by atoms with Gasteiger partial charge >= 0.3 is 0 Å². The SMILES string of the molecule is CNCc1ccc(SCCOCCC(C)C)cc1. The minimum Gasteiger partial charge on any atom is -0.381 e. The van der Waals surface area contributed by atoms with Gasteiger partial charge in [-0.2, -0.15) is 0 Å². The molecule has 0 spiro atoms. The highest BCUT2D eigenvalue weighted by Gasteiger charge is 1.97. The van der Waals surface area contributed by atoms with Crippen molar-refractivity contribution in [1.82, 2.24) is 5.32 Å². The first-order chi connectivity index (χ1) is 8.72. The summed E-state index contributed by atoms with van der Waals surface area (Å²) in [5.41, 5.74) is 1.33. The molecule has 0 saturated carbocycles. The van der Waals surface area contributed by atoms with Crippen LogP contribution in [0.5, 0.6) is 0 Å². The molecule has 0 radical (unpaired) electrons. The second-order valence-corrected chi connectivity index (χ2v) is 5.99. The van der Waals surface area contributed by atoms with Crippen molar-refractivity contribution in [2.45, 2.75) is 31.7 Å². The van der Waals surface area contributed by atoms with Crippen LogP contribution in [0.15, 0.2) is 29.2 Å². The van der Waals surface area contributed by atoms with Gasteiger partial charge in [0, 0.05) is 23.8 Å². The summed E-state index contributed by atoms with van der Waals surface area (Å²) in [6, 6.07) is 8.73. The molecule has 0 heterocycles. The van der Waals surface area contributed by atoms with Crippen LogP contribution in [0.2, 0.25) is 0 Å². The summed E-state index contributed by atoms with van der Waals surface area (Å²) in [7, 11) is 1.97. The first-order valence-electron chi connectivity index (χ1n) is 6.66. The van der Waals surface area contributed by atoms with E-state index in [4.69, 9.17) is 4.74 Å². The summed E-state index contributed by atoms with van der Waals surface area (Å²) >= 11 is 1.86. The van der Waals surface area contributed by atoms with Crippen LogP contribution in [0.4, 0.5) is 0 Å².